The molecule has 1 fully saturated rings. The Kier molecular flexibility index (Phi) is 4.36. The molecule has 0 N–H and O–H groups in total. The second-order valence-electron chi connectivity index (χ2n) is 5.15. The van der Waals surface area contributed by atoms with Crippen LogP contribution in [0.3, 0.4) is 0 Å². The van der Waals surface area contributed by atoms with Crippen LogP contribution in [0, 0.1) is 16.7 Å². The molecular formula is C14H20O6. The van der Waals surface area contributed by atoms with E-state index in [4.69, 9.17) is 0 Å². The van der Waals surface area contributed by atoms with E-state index in [-0.39, 0.29) is 24.4 Å². The second-order valence-corrected chi connectivity index (χ2v) is 5.15. The lowest BCUT2D eigenvalue weighted by Gasteiger charge is -2.29. The highest BCUT2D eigenvalue weighted by Gasteiger charge is 2.75. The average molecular weight is 284 g/mol. The summed E-state index contributed by atoms with van der Waals surface area (Å²) in [6.07, 6.45) is 0.331. The molecule has 0 amide bonds. The molecule has 20 heavy (non-hydrogen) atoms. The van der Waals surface area contributed by atoms with Crippen molar-refractivity contribution in [3.8, 4) is 0 Å². The molecule has 1 unspecified atom stereocenters. The Labute approximate surface area is 117 Å². The number of hydrogen-bond acceptors (Lipinski definition) is 6. The van der Waals surface area contributed by atoms with E-state index >= 15 is 0 Å². The van der Waals surface area contributed by atoms with E-state index < -0.39 is 28.7 Å². The van der Waals surface area contributed by atoms with Crippen molar-refractivity contribution in [2.75, 3.05) is 14.2 Å². The molecule has 6 heteroatoms. The van der Waals surface area contributed by atoms with Crippen molar-refractivity contribution in [1.82, 2.24) is 0 Å². The van der Waals surface area contributed by atoms with Gasteiger partial charge in [-0.15, -0.1) is 0 Å². The average Bonchev–Trinajstić information content (AvgIpc) is 3.14. The van der Waals surface area contributed by atoms with Crippen LogP contribution < -0.4 is 0 Å². The van der Waals surface area contributed by atoms with E-state index in [0.29, 0.717) is 0 Å². The Morgan fingerprint density at radius 1 is 1.05 bits per heavy atom. The van der Waals surface area contributed by atoms with Gasteiger partial charge in [-0.1, -0.05) is 6.92 Å². The number of methoxy groups -OCH3 is 2. The van der Waals surface area contributed by atoms with E-state index in [2.05, 4.69) is 9.47 Å². The highest BCUT2D eigenvalue weighted by atomic mass is 16.5. The first-order valence-corrected chi connectivity index (χ1v) is 6.44. The summed E-state index contributed by atoms with van der Waals surface area (Å²) in [6, 6.07) is 0. The number of hydrogen-bond donors (Lipinski definition) is 0. The molecule has 0 saturated heterocycles. The van der Waals surface area contributed by atoms with E-state index in [9.17, 15) is 19.2 Å². The molecule has 0 aromatic heterocycles. The molecule has 1 aliphatic carbocycles. The number of rotatable bonds is 6. The highest BCUT2D eigenvalue weighted by molar-refractivity contribution is 6.11. The van der Waals surface area contributed by atoms with E-state index in [1.165, 1.54) is 13.8 Å². The predicted molar refractivity (Wildman–Crippen MR) is 68.7 cm³/mol. The number of Topliss-reactive ketones (excluding diaryl/α,β-unsaturated/α-hetero) is 2. The Morgan fingerprint density at radius 3 is 1.70 bits per heavy atom. The minimum Gasteiger partial charge on any atom is -0.468 e. The van der Waals surface area contributed by atoms with Crippen LogP contribution in [0.2, 0.25) is 0 Å². The van der Waals surface area contributed by atoms with Gasteiger partial charge in [0.15, 0.2) is 5.41 Å². The normalized spacial score (nSPS) is 19.9. The third-order valence-corrected chi connectivity index (χ3v) is 4.47. The lowest BCUT2D eigenvalue weighted by molar-refractivity contribution is -0.163. The maximum Gasteiger partial charge on any atom is 0.323 e. The lowest BCUT2D eigenvalue weighted by atomic mass is 9.71. The van der Waals surface area contributed by atoms with Crippen molar-refractivity contribution in [2.24, 2.45) is 16.7 Å². The van der Waals surface area contributed by atoms with Crippen molar-refractivity contribution in [3.63, 3.8) is 0 Å². The van der Waals surface area contributed by atoms with Crippen LogP contribution in [0.5, 0.6) is 0 Å². The van der Waals surface area contributed by atoms with Gasteiger partial charge in [0.25, 0.3) is 0 Å². The molecule has 0 aliphatic heterocycles. The number of ketones is 2. The SMILES string of the molecule is CCC(C(C)=O)(C(C)=O)C1CC1(C(=O)OC)C(=O)OC. The van der Waals surface area contributed by atoms with Crippen LogP contribution in [0.15, 0.2) is 0 Å². The summed E-state index contributed by atoms with van der Waals surface area (Å²) in [7, 11) is 2.33. The molecule has 0 bridgehead atoms. The minimum absolute atomic E-state index is 0.0966. The highest BCUT2D eigenvalue weighted by Crippen LogP contribution is 2.64. The zero-order chi connectivity index (χ0) is 15.7. The fourth-order valence-electron chi connectivity index (χ4n) is 3.24. The van der Waals surface area contributed by atoms with Gasteiger partial charge in [0.05, 0.1) is 19.6 Å². The Morgan fingerprint density at radius 2 is 1.45 bits per heavy atom. The van der Waals surface area contributed by atoms with E-state index in [0.717, 1.165) is 14.2 Å². The fraction of sp³-hybridized carbons (Fsp3) is 0.714. The monoisotopic (exact) mass is 284 g/mol. The first-order chi connectivity index (χ1) is 9.25. The van der Waals surface area contributed by atoms with Gasteiger partial charge < -0.3 is 9.47 Å². The summed E-state index contributed by atoms with van der Waals surface area (Å²) in [6.45, 7) is 4.31. The van der Waals surface area contributed by atoms with Gasteiger partial charge in [-0.25, -0.2) is 0 Å². The van der Waals surface area contributed by atoms with Gasteiger partial charge in [0, 0.05) is 5.92 Å². The van der Waals surface area contributed by atoms with Crippen LogP contribution in [0.25, 0.3) is 0 Å². The third kappa shape index (κ3) is 1.94. The topological polar surface area (TPSA) is 86.7 Å². The van der Waals surface area contributed by atoms with Gasteiger partial charge in [-0.2, -0.15) is 0 Å². The molecule has 6 nitrogen and oxygen atoms in total. The molecule has 0 heterocycles. The summed E-state index contributed by atoms with van der Waals surface area (Å²) < 4.78 is 9.33. The van der Waals surface area contributed by atoms with Crippen LogP contribution in [0.1, 0.15) is 33.6 Å². The van der Waals surface area contributed by atoms with Gasteiger partial charge >= 0.3 is 11.9 Å². The Hall–Kier alpha value is -1.72. The van der Waals surface area contributed by atoms with Crippen LogP contribution in [-0.2, 0) is 28.7 Å². The summed E-state index contributed by atoms with van der Waals surface area (Å²) in [5.74, 6) is -2.89. The van der Waals surface area contributed by atoms with Crippen molar-refractivity contribution in [2.45, 2.75) is 33.6 Å². The van der Waals surface area contributed by atoms with Crippen LogP contribution >= 0.6 is 0 Å². The van der Waals surface area contributed by atoms with Crippen molar-refractivity contribution >= 4 is 23.5 Å². The minimum atomic E-state index is -1.53. The van der Waals surface area contributed by atoms with Crippen LogP contribution in [0.4, 0.5) is 0 Å². The number of carbonyl (C=O) groups excluding carboxylic acids is 4. The molecule has 1 aliphatic rings. The number of esters is 2. The maximum atomic E-state index is 12.0. The molecule has 0 radical (unpaired) electrons. The molecule has 0 aromatic rings. The molecule has 112 valence electrons. The first kappa shape index (κ1) is 16.3. The molecule has 1 saturated carbocycles. The predicted octanol–water partition coefficient (Wildman–Crippen LogP) is 0.913. The molecule has 0 aromatic carbocycles. The number of ether oxygens (including phenoxy) is 2. The van der Waals surface area contributed by atoms with Crippen molar-refractivity contribution < 1.29 is 28.7 Å². The van der Waals surface area contributed by atoms with Gasteiger partial charge in [-0.05, 0) is 26.7 Å². The first-order valence-electron chi connectivity index (χ1n) is 6.44. The van der Waals surface area contributed by atoms with Crippen molar-refractivity contribution in [3.05, 3.63) is 0 Å². The zero-order valence-electron chi connectivity index (χ0n) is 12.4. The Bertz CT molecular complexity index is 434. The molecule has 0 spiro atoms. The fourth-order valence-corrected chi connectivity index (χ4v) is 3.24. The maximum absolute atomic E-state index is 12.0. The Balaban J connectivity index is 3.33. The molecule has 1 atom stereocenters. The largest absolute Gasteiger partial charge is 0.468 e. The standard InChI is InChI=1S/C14H20O6/c1-6-13(8(2)15,9(3)16)10-7-14(10,11(17)19-4)12(18)20-5/h10H,6-7H2,1-5H3. The summed E-state index contributed by atoms with van der Waals surface area (Å²) >= 11 is 0. The summed E-state index contributed by atoms with van der Waals surface area (Å²) in [5, 5.41) is 0. The van der Waals surface area contributed by atoms with Gasteiger partial charge in [0.2, 0.25) is 0 Å². The van der Waals surface area contributed by atoms with Crippen LogP contribution in [-0.4, -0.2) is 37.7 Å². The van der Waals surface area contributed by atoms with Crippen molar-refractivity contribution in [1.29, 1.82) is 0 Å². The molecule has 1 rings (SSSR count). The summed E-state index contributed by atoms with van der Waals surface area (Å²) in [5.41, 5.74) is -2.86. The van der Waals surface area contributed by atoms with E-state index in [1.807, 2.05) is 0 Å². The number of carbonyl (C=O) groups is 4. The van der Waals surface area contributed by atoms with Gasteiger partial charge in [-0.3, -0.25) is 19.2 Å². The lowest BCUT2D eigenvalue weighted by Crippen LogP contribution is -2.43. The van der Waals surface area contributed by atoms with Gasteiger partial charge in [0.1, 0.15) is 11.6 Å². The second kappa shape index (κ2) is 5.34. The smallest absolute Gasteiger partial charge is 0.323 e. The summed E-state index contributed by atoms with van der Waals surface area (Å²) in [4.78, 5) is 47.9. The third-order valence-electron chi connectivity index (χ3n) is 4.47. The molecular weight excluding hydrogens is 264 g/mol. The zero-order valence-corrected chi connectivity index (χ0v) is 12.4. The quantitative estimate of drug-likeness (QED) is 0.532. The van der Waals surface area contributed by atoms with E-state index in [1.54, 1.807) is 6.92 Å².